The molecule has 1 saturated heterocycles. The summed E-state index contributed by atoms with van der Waals surface area (Å²) in [5, 5.41) is 8.91. The molecule has 5 nitrogen and oxygen atoms in total. The maximum Gasteiger partial charge on any atom is 0.354 e. The van der Waals surface area contributed by atoms with Crippen LogP contribution in [-0.2, 0) is 6.54 Å². The fourth-order valence-corrected chi connectivity index (χ4v) is 2.18. The number of hydrogen-bond donors (Lipinski definition) is 1. The van der Waals surface area contributed by atoms with E-state index in [1.165, 1.54) is 6.07 Å². The van der Waals surface area contributed by atoms with E-state index < -0.39 is 5.97 Å². The Morgan fingerprint density at radius 1 is 1.50 bits per heavy atom. The molecule has 0 bridgehead atoms. The number of aromatic nitrogens is 1. The molecule has 0 spiro atoms. The number of likely N-dealkylation sites (N-methyl/N-ethyl adjacent to an activating group) is 1. The molecule has 1 N–H and O–H groups in total. The minimum absolute atomic E-state index is 0.120. The van der Waals surface area contributed by atoms with Gasteiger partial charge in [-0.05, 0) is 26.1 Å². The van der Waals surface area contributed by atoms with Gasteiger partial charge in [-0.3, -0.25) is 4.90 Å². The van der Waals surface area contributed by atoms with E-state index in [0.717, 1.165) is 31.9 Å². The lowest BCUT2D eigenvalue weighted by molar-refractivity contribution is 0.0689. The zero-order valence-corrected chi connectivity index (χ0v) is 10.8. The maximum absolute atomic E-state index is 10.9. The molecule has 1 aliphatic heterocycles. The van der Waals surface area contributed by atoms with Crippen molar-refractivity contribution < 1.29 is 9.90 Å². The van der Waals surface area contributed by atoms with Gasteiger partial charge in [-0.25, -0.2) is 9.78 Å². The first-order valence-electron chi connectivity index (χ1n) is 6.18. The van der Waals surface area contributed by atoms with Gasteiger partial charge in [0.1, 0.15) is 5.69 Å². The third kappa shape index (κ3) is 3.05. The van der Waals surface area contributed by atoms with Crippen molar-refractivity contribution in [3.63, 3.8) is 0 Å². The molecular weight excluding hydrogens is 230 g/mol. The Morgan fingerprint density at radius 2 is 2.28 bits per heavy atom. The number of carboxylic acid groups (broad SMARTS) is 1. The number of hydrogen-bond acceptors (Lipinski definition) is 4. The van der Waals surface area contributed by atoms with Crippen LogP contribution in [0.5, 0.6) is 0 Å². The van der Waals surface area contributed by atoms with Gasteiger partial charge < -0.3 is 10.0 Å². The summed E-state index contributed by atoms with van der Waals surface area (Å²) in [6.45, 7) is 5.96. The Kier molecular flexibility index (Phi) is 3.93. The average molecular weight is 249 g/mol. The molecule has 1 atom stereocenters. The molecule has 98 valence electrons. The molecule has 18 heavy (non-hydrogen) atoms. The molecule has 1 aromatic heterocycles. The molecule has 0 amide bonds. The largest absolute Gasteiger partial charge is 0.477 e. The van der Waals surface area contributed by atoms with Crippen molar-refractivity contribution in [1.82, 2.24) is 14.8 Å². The highest BCUT2D eigenvalue weighted by Crippen LogP contribution is 2.10. The van der Waals surface area contributed by atoms with Crippen LogP contribution in [0.15, 0.2) is 18.2 Å². The van der Waals surface area contributed by atoms with E-state index in [-0.39, 0.29) is 5.69 Å². The number of nitrogens with zero attached hydrogens (tertiary/aromatic N) is 3. The van der Waals surface area contributed by atoms with Crippen LogP contribution in [0.3, 0.4) is 0 Å². The summed E-state index contributed by atoms with van der Waals surface area (Å²) >= 11 is 0. The fourth-order valence-electron chi connectivity index (χ4n) is 2.18. The molecule has 0 radical (unpaired) electrons. The van der Waals surface area contributed by atoms with Gasteiger partial charge in [0, 0.05) is 32.2 Å². The van der Waals surface area contributed by atoms with E-state index in [9.17, 15) is 4.79 Å². The van der Waals surface area contributed by atoms with Crippen molar-refractivity contribution in [1.29, 1.82) is 0 Å². The highest BCUT2D eigenvalue weighted by atomic mass is 16.4. The van der Waals surface area contributed by atoms with Gasteiger partial charge in [-0.15, -0.1) is 0 Å². The predicted molar refractivity (Wildman–Crippen MR) is 68.6 cm³/mol. The first kappa shape index (κ1) is 13.0. The second-order valence-electron chi connectivity index (χ2n) is 4.88. The number of pyridine rings is 1. The summed E-state index contributed by atoms with van der Waals surface area (Å²) < 4.78 is 0. The third-order valence-corrected chi connectivity index (χ3v) is 3.46. The smallest absolute Gasteiger partial charge is 0.354 e. The fraction of sp³-hybridized carbons (Fsp3) is 0.538. The molecule has 0 saturated carbocycles. The van der Waals surface area contributed by atoms with Crippen molar-refractivity contribution in [3.05, 3.63) is 29.6 Å². The third-order valence-electron chi connectivity index (χ3n) is 3.46. The Bertz CT molecular complexity index is 436. The van der Waals surface area contributed by atoms with Gasteiger partial charge in [-0.2, -0.15) is 0 Å². The topological polar surface area (TPSA) is 56.7 Å². The predicted octanol–water partition coefficient (Wildman–Crippen LogP) is 0.916. The molecule has 1 fully saturated rings. The average Bonchev–Trinajstić information content (AvgIpc) is 2.34. The highest BCUT2D eigenvalue weighted by Gasteiger charge is 2.20. The number of carboxylic acids is 1. The minimum atomic E-state index is -0.969. The van der Waals surface area contributed by atoms with Crippen LogP contribution in [0, 0.1) is 0 Å². The standard InChI is InChI=1S/C13H19N3O2/c1-10-8-16(7-6-15(10)2)9-11-4-3-5-12(14-11)13(17)18/h3-5,10H,6-9H2,1-2H3,(H,17,18)/t10-/m1/s1. The van der Waals surface area contributed by atoms with Crippen molar-refractivity contribution in [2.24, 2.45) is 0 Å². The minimum Gasteiger partial charge on any atom is -0.477 e. The van der Waals surface area contributed by atoms with E-state index in [4.69, 9.17) is 5.11 Å². The number of aromatic carboxylic acids is 1. The maximum atomic E-state index is 10.9. The van der Waals surface area contributed by atoms with E-state index >= 15 is 0 Å². The van der Waals surface area contributed by atoms with E-state index in [1.54, 1.807) is 6.07 Å². The lowest BCUT2D eigenvalue weighted by Crippen LogP contribution is -2.49. The van der Waals surface area contributed by atoms with Gasteiger partial charge in [0.25, 0.3) is 0 Å². The van der Waals surface area contributed by atoms with Gasteiger partial charge in [0.2, 0.25) is 0 Å². The van der Waals surface area contributed by atoms with Crippen LogP contribution < -0.4 is 0 Å². The lowest BCUT2D eigenvalue weighted by atomic mass is 10.2. The lowest BCUT2D eigenvalue weighted by Gasteiger charge is -2.37. The van der Waals surface area contributed by atoms with Crippen LogP contribution >= 0.6 is 0 Å². The van der Waals surface area contributed by atoms with Gasteiger partial charge >= 0.3 is 5.97 Å². The van der Waals surface area contributed by atoms with Crippen LogP contribution in [-0.4, -0.2) is 58.6 Å². The van der Waals surface area contributed by atoms with Crippen molar-refractivity contribution >= 4 is 5.97 Å². The molecule has 0 unspecified atom stereocenters. The van der Waals surface area contributed by atoms with E-state index in [0.29, 0.717) is 6.04 Å². The normalized spacial score (nSPS) is 22.0. The Morgan fingerprint density at radius 3 is 2.94 bits per heavy atom. The zero-order valence-electron chi connectivity index (χ0n) is 10.8. The van der Waals surface area contributed by atoms with Crippen molar-refractivity contribution in [2.45, 2.75) is 19.5 Å². The summed E-state index contributed by atoms with van der Waals surface area (Å²) in [6.07, 6.45) is 0. The summed E-state index contributed by atoms with van der Waals surface area (Å²) in [6, 6.07) is 5.69. The molecule has 5 heteroatoms. The second-order valence-corrected chi connectivity index (χ2v) is 4.88. The molecule has 1 aliphatic rings. The monoisotopic (exact) mass is 249 g/mol. The van der Waals surface area contributed by atoms with Gasteiger partial charge in [-0.1, -0.05) is 6.07 Å². The summed E-state index contributed by atoms with van der Waals surface area (Å²) in [5.74, 6) is -0.969. The molecule has 0 aliphatic carbocycles. The van der Waals surface area contributed by atoms with Gasteiger partial charge in [0.15, 0.2) is 0 Å². The molecule has 2 heterocycles. The number of rotatable bonds is 3. The van der Waals surface area contributed by atoms with Crippen LogP contribution in [0.2, 0.25) is 0 Å². The Labute approximate surface area is 107 Å². The number of piperazine rings is 1. The SMILES string of the molecule is C[C@@H]1CN(Cc2cccc(C(=O)O)n2)CCN1C. The quantitative estimate of drug-likeness (QED) is 0.863. The van der Waals surface area contributed by atoms with Crippen molar-refractivity contribution in [3.8, 4) is 0 Å². The second kappa shape index (κ2) is 5.46. The molecule has 2 rings (SSSR count). The summed E-state index contributed by atoms with van der Waals surface area (Å²) in [4.78, 5) is 19.7. The highest BCUT2D eigenvalue weighted by molar-refractivity contribution is 5.85. The zero-order chi connectivity index (χ0) is 13.1. The molecular formula is C13H19N3O2. The van der Waals surface area contributed by atoms with Crippen LogP contribution in [0.25, 0.3) is 0 Å². The van der Waals surface area contributed by atoms with Gasteiger partial charge in [0.05, 0.1) is 5.69 Å². The van der Waals surface area contributed by atoms with Crippen LogP contribution in [0.4, 0.5) is 0 Å². The Hall–Kier alpha value is -1.46. The molecule has 0 aromatic carbocycles. The van der Waals surface area contributed by atoms with E-state index in [2.05, 4.69) is 28.8 Å². The van der Waals surface area contributed by atoms with Crippen molar-refractivity contribution in [2.75, 3.05) is 26.7 Å². The Balaban J connectivity index is 2.01. The first-order chi connectivity index (χ1) is 8.56. The van der Waals surface area contributed by atoms with Crippen LogP contribution in [0.1, 0.15) is 23.1 Å². The first-order valence-corrected chi connectivity index (χ1v) is 6.18. The van der Waals surface area contributed by atoms with E-state index in [1.807, 2.05) is 6.07 Å². The molecule has 1 aromatic rings. The summed E-state index contributed by atoms with van der Waals surface area (Å²) in [5.41, 5.74) is 0.946. The summed E-state index contributed by atoms with van der Waals surface area (Å²) in [7, 11) is 2.13. The number of carbonyl (C=O) groups is 1.